The molecule has 0 atom stereocenters. The zero-order valence-electron chi connectivity index (χ0n) is 17.2. The minimum absolute atomic E-state index is 0.185. The van der Waals surface area contributed by atoms with Crippen LogP contribution in [0, 0.1) is 0 Å². The van der Waals surface area contributed by atoms with Crippen molar-refractivity contribution < 1.29 is 9.53 Å². The Kier molecular flexibility index (Phi) is 8.36. The van der Waals surface area contributed by atoms with Crippen molar-refractivity contribution in [2.24, 2.45) is 5.73 Å². The van der Waals surface area contributed by atoms with Crippen molar-refractivity contribution in [2.45, 2.75) is 25.9 Å². The van der Waals surface area contributed by atoms with Crippen LogP contribution in [-0.2, 0) is 11.3 Å². The third kappa shape index (κ3) is 7.07. The Morgan fingerprint density at radius 2 is 1.77 bits per heavy atom. The average molecular weight is 439 g/mol. The van der Waals surface area contributed by atoms with Gasteiger partial charge in [-0.2, -0.15) is 4.98 Å². The van der Waals surface area contributed by atoms with Crippen LogP contribution in [0.15, 0.2) is 60.7 Å². The summed E-state index contributed by atoms with van der Waals surface area (Å²) in [5.41, 5.74) is 7.24. The molecule has 0 fully saturated rings. The number of rotatable bonds is 10. The van der Waals surface area contributed by atoms with Gasteiger partial charge in [-0.3, -0.25) is 5.10 Å². The van der Waals surface area contributed by atoms with Gasteiger partial charge >= 0.3 is 6.09 Å². The molecule has 8 nitrogen and oxygen atoms in total. The number of hydrogen-bond donors (Lipinski definition) is 3. The second kappa shape index (κ2) is 11.7. The van der Waals surface area contributed by atoms with Gasteiger partial charge in [-0.1, -0.05) is 60.7 Å². The van der Waals surface area contributed by atoms with Crippen LogP contribution in [0.25, 0.3) is 11.4 Å². The van der Waals surface area contributed by atoms with Crippen LogP contribution in [0.5, 0.6) is 0 Å². The lowest BCUT2D eigenvalue weighted by Crippen LogP contribution is -2.33. The molecule has 1 amide bonds. The molecule has 0 radical (unpaired) electrons. The molecular weight excluding hydrogens is 412 g/mol. The second-order valence-corrected chi connectivity index (χ2v) is 7.33. The molecule has 0 saturated carbocycles. The van der Waals surface area contributed by atoms with Crippen LogP contribution in [0.4, 0.5) is 10.7 Å². The standard InChI is InChI=1S/C22H26N6O2S/c23-20(31)24-14-8-3-9-15-28(22(29)30-16-17-10-4-1-5-11-17)21-25-19(26-27-21)18-12-6-2-7-13-18/h1-2,4-7,10-13H,3,8-9,14-16H2,(H3,23,24,31)(H,25,26,27). The number of thiocarbonyl (C=S) groups is 1. The molecule has 3 aromatic rings. The number of hydrogen-bond acceptors (Lipinski definition) is 5. The van der Waals surface area contributed by atoms with E-state index in [4.69, 9.17) is 22.7 Å². The largest absolute Gasteiger partial charge is 0.444 e. The van der Waals surface area contributed by atoms with Crippen LogP contribution >= 0.6 is 12.2 Å². The van der Waals surface area contributed by atoms with E-state index in [9.17, 15) is 4.79 Å². The molecule has 0 aliphatic carbocycles. The van der Waals surface area contributed by atoms with Crippen LogP contribution in [0.2, 0.25) is 0 Å². The minimum atomic E-state index is -0.483. The van der Waals surface area contributed by atoms with Crippen LogP contribution in [0.3, 0.4) is 0 Å². The molecule has 0 unspecified atom stereocenters. The number of aromatic amines is 1. The molecule has 0 aliphatic heterocycles. The molecule has 162 valence electrons. The zero-order chi connectivity index (χ0) is 21.9. The molecule has 9 heteroatoms. The molecule has 0 saturated heterocycles. The van der Waals surface area contributed by atoms with Gasteiger partial charge in [-0.05, 0) is 37.0 Å². The SMILES string of the molecule is NC(=S)NCCCCCN(C(=O)OCc1ccccc1)c1n[nH]c(-c2ccccc2)n1. The van der Waals surface area contributed by atoms with Crippen LogP contribution < -0.4 is 16.0 Å². The lowest BCUT2D eigenvalue weighted by molar-refractivity contribution is 0.146. The van der Waals surface area contributed by atoms with Gasteiger partial charge in [0.25, 0.3) is 5.95 Å². The molecule has 0 bridgehead atoms. The van der Waals surface area contributed by atoms with E-state index in [0.29, 0.717) is 24.0 Å². The van der Waals surface area contributed by atoms with E-state index in [1.54, 1.807) is 0 Å². The first-order chi connectivity index (χ1) is 15.1. The number of amides is 1. The maximum absolute atomic E-state index is 12.8. The lowest BCUT2D eigenvalue weighted by atomic mass is 10.2. The Morgan fingerprint density at radius 3 is 2.48 bits per heavy atom. The van der Waals surface area contributed by atoms with Crippen molar-refractivity contribution in [3.05, 3.63) is 66.2 Å². The molecule has 31 heavy (non-hydrogen) atoms. The van der Waals surface area contributed by atoms with Crippen molar-refractivity contribution in [2.75, 3.05) is 18.0 Å². The van der Waals surface area contributed by atoms with Crippen molar-refractivity contribution in [1.29, 1.82) is 0 Å². The highest BCUT2D eigenvalue weighted by Crippen LogP contribution is 2.19. The first kappa shape index (κ1) is 22.2. The lowest BCUT2D eigenvalue weighted by Gasteiger charge is -2.18. The number of nitrogens with two attached hydrogens (primary N) is 1. The summed E-state index contributed by atoms with van der Waals surface area (Å²) in [6.45, 7) is 1.32. The van der Waals surface area contributed by atoms with Gasteiger partial charge in [0.15, 0.2) is 10.9 Å². The molecule has 3 rings (SSSR count). The Balaban J connectivity index is 1.64. The van der Waals surface area contributed by atoms with Gasteiger partial charge in [-0.25, -0.2) is 9.69 Å². The van der Waals surface area contributed by atoms with E-state index >= 15 is 0 Å². The minimum Gasteiger partial charge on any atom is -0.444 e. The number of aromatic nitrogens is 3. The molecule has 2 aromatic carbocycles. The summed E-state index contributed by atoms with van der Waals surface area (Å²) < 4.78 is 5.52. The van der Waals surface area contributed by atoms with Crippen molar-refractivity contribution >= 4 is 29.4 Å². The van der Waals surface area contributed by atoms with Crippen molar-refractivity contribution in [3.63, 3.8) is 0 Å². The summed E-state index contributed by atoms with van der Waals surface area (Å²) in [6, 6.07) is 19.2. The van der Waals surface area contributed by atoms with E-state index in [-0.39, 0.29) is 12.6 Å². The molecule has 4 N–H and O–H groups in total. The highest BCUT2D eigenvalue weighted by molar-refractivity contribution is 7.80. The fourth-order valence-corrected chi connectivity index (χ4v) is 3.05. The van der Waals surface area contributed by atoms with Gasteiger partial charge in [0.05, 0.1) is 0 Å². The van der Waals surface area contributed by atoms with Gasteiger partial charge in [-0.15, -0.1) is 5.10 Å². The third-order valence-electron chi connectivity index (χ3n) is 4.55. The number of nitrogens with one attached hydrogen (secondary N) is 2. The predicted molar refractivity (Wildman–Crippen MR) is 124 cm³/mol. The Bertz CT molecular complexity index is 964. The van der Waals surface area contributed by atoms with E-state index in [1.165, 1.54) is 4.90 Å². The summed E-state index contributed by atoms with van der Waals surface area (Å²) in [5, 5.41) is 10.4. The molecular formula is C22H26N6O2S. The van der Waals surface area contributed by atoms with Gasteiger partial charge in [0.2, 0.25) is 0 Å². The Hall–Kier alpha value is -3.46. The molecule has 0 spiro atoms. The van der Waals surface area contributed by atoms with Crippen molar-refractivity contribution in [1.82, 2.24) is 20.5 Å². The highest BCUT2D eigenvalue weighted by atomic mass is 32.1. The zero-order valence-corrected chi connectivity index (χ0v) is 18.0. The number of carbonyl (C=O) groups excluding carboxylic acids is 1. The van der Waals surface area contributed by atoms with E-state index in [1.807, 2.05) is 60.7 Å². The predicted octanol–water partition coefficient (Wildman–Crippen LogP) is 3.62. The molecule has 0 aliphatic rings. The Labute approximate surface area is 186 Å². The van der Waals surface area contributed by atoms with Crippen molar-refractivity contribution in [3.8, 4) is 11.4 Å². The summed E-state index contributed by atoms with van der Waals surface area (Å²) >= 11 is 4.80. The fourth-order valence-electron chi connectivity index (χ4n) is 2.95. The quantitative estimate of drug-likeness (QED) is 0.328. The molecule has 1 aromatic heterocycles. The van der Waals surface area contributed by atoms with Crippen LogP contribution in [0.1, 0.15) is 24.8 Å². The average Bonchev–Trinajstić information content (AvgIpc) is 3.28. The number of nitrogens with zero attached hydrogens (tertiary/aromatic N) is 3. The van der Waals surface area contributed by atoms with E-state index in [0.717, 1.165) is 30.4 Å². The number of unbranched alkanes of at least 4 members (excludes halogenated alkanes) is 2. The van der Waals surface area contributed by atoms with Gasteiger partial charge in [0.1, 0.15) is 6.61 Å². The van der Waals surface area contributed by atoms with E-state index in [2.05, 4.69) is 20.5 Å². The first-order valence-corrected chi connectivity index (χ1v) is 10.5. The fraction of sp³-hybridized carbons (Fsp3) is 0.273. The summed E-state index contributed by atoms with van der Waals surface area (Å²) in [6.07, 6.45) is 2.04. The summed E-state index contributed by atoms with van der Waals surface area (Å²) in [4.78, 5) is 18.8. The number of H-pyrrole nitrogens is 1. The van der Waals surface area contributed by atoms with Gasteiger partial charge in [0, 0.05) is 18.7 Å². The number of ether oxygens (including phenoxy) is 1. The topological polar surface area (TPSA) is 109 Å². The normalized spacial score (nSPS) is 10.5. The van der Waals surface area contributed by atoms with E-state index < -0.39 is 6.09 Å². The highest BCUT2D eigenvalue weighted by Gasteiger charge is 2.22. The summed E-state index contributed by atoms with van der Waals surface area (Å²) in [5.74, 6) is 0.885. The maximum Gasteiger partial charge on any atom is 0.417 e. The Morgan fingerprint density at radius 1 is 1.06 bits per heavy atom. The van der Waals surface area contributed by atoms with Gasteiger partial charge < -0.3 is 15.8 Å². The maximum atomic E-state index is 12.8. The first-order valence-electron chi connectivity index (χ1n) is 10.1. The smallest absolute Gasteiger partial charge is 0.417 e. The monoisotopic (exact) mass is 438 g/mol. The summed E-state index contributed by atoms with van der Waals surface area (Å²) in [7, 11) is 0. The van der Waals surface area contributed by atoms with Crippen LogP contribution in [-0.4, -0.2) is 39.5 Å². The molecule has 1 heterocycles. The second-order valence-electron chi connectivity index (χ2n) is 6.89. The number of anilines is 1. The number of carbonyl (C=O) groups is 1. The number of benzene rings is 2. The third-order valence-corrected chi connectivity index (χ3v) is 4.69.